The van der Waals surface area contributed by atoms with E-state index in [9.17, 15) is 4.79 Å². The number of carbonyl (C=O) groups is 1. The fraction of sp³-hybridized carbons (Fsp3) is 0.600. The molecule has 0 aliphatic carbocycles. The average Bonchev–Trinajstić information content (AvgIpc) is 2.34. The molecule has 1 aromatic rings. The monoisotopic (exact) mass is 306 g/mol. The van der Waals surface area contributed by atoms with Crippen molar-refractivity contribution in [3.8, 4) is 6.07 Å². The Morgan fingerprint density at radius 3 is 2.57 bits per heavy atom. The van der Waals surface area contributed by atoms with Gasteiger partial charge < -0.3 is 5.32 Å². The molecule has 0 saturated heterocycles. The zero-order valence-electron chi connectivity index (χ0n) is 13.3. The van der Waals surface area contributed by atoms with Gasteiger partial charge in [-0.2, -0.15) is 5.26 Å². The first-order valence-corrected chi connectivity index (χ1v) is 7.86. The van der Waals surface area contributed by atoms with Crippen molar-refractivity contribution in [3.05, 3.63) is 17.1 Å². The van der Waals surface area contributed by atoms with Gasteiger partial charge in [0, 0.05) is 6.54 Å². The molecular weight excluding hydrogens is 284 g/mol. The maximum atomic E-state index is 11.8. The number of aryl methyl sites for hydroxylation is 2. The Morgan fingerprint density at radius 2 is 2.00 bits per heavy atom. The molecule has 6 heteroatoms. The number of hydrogen-bond donors (Lipinski definition) is 1. The van der Waals surface area contributed by atoms with Crippen molar-refractivity contribution in [1.29, 1.82) is 5.26 Å². The van der Waals surface area contributed by atoms with Crippen LogP contribution in [0.4, 0.5) is 0 Å². The highest BCUT2D eigenvalue weighted by Crippen LogP contribution is 2.22. The number of thioether (sulfide) groups is 1. The van der Waals surface area contributed by atoms with E-state index in [1.54, 1.807) is 13.8 Å². The predicted molar refractivity (Wildman–Crippen MR) is 84.0 cm³/mol. The molecule has 1 aromatic heterocycles. The minimum Gasteiger partial charge on any atom is -0.355 e. The SMILES string of the molecule is Cc1nc(C)c(C#N)c(SCC(=O)NCCC(C)(C)C)n1. The number of aromatic nitrogens is 2. The van der Waals surface area contributed by atoms with E-state index < -0.39 is 0 Å². The van der Waals surface area contributed by atoms with Gasteiger partial charge in [-0.05, 0) is 25.7 Å². The molecule has 114 valence electrons. The Labute approximate surface area is 130 Å². The number of nitrogens with one attached hydrogen (secondary N) is 1. The summed E-state index contributed by atoms with van der Waals surface area (Å²) >= 11 is 1.28. The van der Waals surface area contributed by atoms with Gasteiger partial charge in [0.1, 0.15) is 22.5 Å². The van der Waals surface area contributed by atoms with E-state index in [1.165, 1.54) is 11.8 Å². The van der Waals surface area contributed by atoms with Crippen molar-refractivity contribution in [2.24, 2.45) is 5.41 Å². The molecule has 21 heavy (non-hydrogen) atoms. The van der Waals surface area contributed by atoms with E-state index in [0.717, 1.165) is 6.42 Å². The largest absolute Gasteiger partial charge is 0.355 e. The summed E-state index contributed by atoms with van der Waals surface area (Å²) in [4.78, 5) is 20.2. The fourth-order valence-corrected chi connectivity index (χ4v) is 2.58. The van der Waals surface area contributed by atoms with Crippen LogP contribution in [-0.2, 0) is 4.79 Å². The molecule has 1 N–H and O–H groups in total. The third-order valence-electron chi connectivity index (χ3n) is 2.82. The molecule has 0 aliphatic heterocycles. The lowest BCUT2D eigenvalue weighted by atomic mass is 9.92. The molecule has 0 saturated carbocycles. The lowest BCUT2D eigenvalue weighted by Crippen LogP contribution is -2.28. The Hall–Kier alpha value is -1.61. The van der Waals surface area contributed by atoms with Crippen LogP contribution in [0.1, 0.15) is 44.3 Å². The first kappa shape index (κ1) is 17.4. The summed E-state index contributed by atoms with van der Waals surface area (Å²) in [6.45, 7) is 10.6. The van der Waals surface area contributed by atoms with Crippen molar-refractivity contribution < 1.29 is 4.79 Å². The lowest BCUT2D eigenvalue weighted by Gasteiger charge is -2.17. The van der Waals surface area contributed by atoms with Gasteiger partial charge in [-0.25, -0.2) is 9.97 Å². The second-order valence-electron chi connectivity index (χ2n) is 6.10. The lowest BCUT2D eigenvalue weighted by molar-refractivity contribution is -0.118. The van der Waals surface area contributed by atoms with E-state index in [4.69, 9.17) is 5.26 Å². The molecule has 0 radical (unpaired) electrons. The van der Waals surface area contributed by atoms with Gasteiger partial charge in [0.2, 0.25) is 5.91 Å². The Bertz CT molecular complexity index is 558. The van der Waals surface area contributed by atoms with Gasteiger partial charge in [-0.15, -0.1) is 0 Å². The molecule has 0 spiro atoms. The topological polar surface area (TPSA) is 78.7 Å². The van der Waals surface area contributed by atoms with Gasteiger partial charge in [0.15, 0.2) is 0 Å². The number of nitriles is 1. The maximum Gasteiger partial charge on any atom is 0.230 e. The van der Waals surface area contributed by atoms with Gasteiger partial charge in [-0.3, -0.25) is 4.79 Å². The molecule has 0 unspecified atom stereocenters. The van der Waals surface area contributed by atoms with E-state index >= 15 is 0 Å². The quantitative estimate of drug-likeness (QED) is 0.668. The third-order valence-corrected chi connectivity index (χ3v) is 3.79. The Kier molecular flexibility index (Phi) is 6.16. The Balaban J connectivity index is 2.56. The van der Waals surface area contributed by atoms with E-state index in [2.05, 4.69) is 42.1 Å². The van der Waals surface area contributed by atoms with Crippen LogP contribution in [0.15, 0.2) is 5.03 Å². The van der Waals surface area contributed by atoms with Crippen LogP contribution < -0.4 is 5.32 Å². The van der Waals surface area contributed by atoms with E-state index in [0.29, 0.717) is 28.7 Å². The van der Waals surface area contributed by atoms with Gasteiger partial charge in [0.25, 0.3) is 0 Å². The van der Waals surface area contributed by atoms with Crippen molar-refractivity contribution in [2.75, 3.05) is 12.3 Å². The first-order chi connectivity index (χ1) is 9.73. The van der Waals surface area contributed by atoms with Crippen molar-refractivity contribution in [2.45, 2.75) is 46.1 Å². The van der Waals surface area contributed by atoms with Crippen LogP contribution in [0.25, 0.3) is 0 Å². The molecule has 0 aliphatic rings. The highest BCUT2D eigenvalue weighted by Gasteiger charge is 2.13. The summed E-state index contributed by atoms with van der Waals surface area (Å²) in [6.07, 6.45) is 0.929. The molecular formula is C15H22N4OS. The van der Waals surface area contributed by atoms with Gasteiger partial charge >= 0.3 is 0 Å². The van der Waals surface area contributed by atoms with Crippen LogP contribution in [-0.4, -0.2) is 28.2 Å². The Morgan fingerprint density at radius 1 is 1.33 bits per heavy atom. The normalized spacial score (nSPS) is 11.0. The number of rotatable bonds is 5. The molecule has 5 nitrogen and oxygen atoms in total. The van der Waals surface area contributed by atoms with E-state index in [-0.39, 0.29) is 17.1 Å². The zero-order chi connectivity index (χ0) is 16.0. The standard InChI is InChI=1S/C15H22N4OS/c1-10-12(8-16)14(19-11(2)18-10)21-9-13(20)17-7-6-15(3,4)5/h6-7,9H2,1-5H3,(H,17,20). The van der Waals surface area contributed by atoms with Crippen molar-refractivity contribution in [3.63, 3.8) is 0 Å². The highest BCUT2D eigenvalue weighted by atomic mass is 32.2. The minimum absolute atomic E-state index is 0.0398. The number of carbonyl (C=O) groups excluding carboxylic acids is 1. The molecule has 0 fully saturated rings. The molecule has 0 aromatic carbocycles. The van der Waals surface area contributed by atoms with Crippen LogP contribution >= 0.6 is 11.8 Å². The summed E-state index contributed by atoms with van der Waals surface area (Å²) in [7, 11) is 0. The average molecular weight is 306 g/mol. The summed E-state index contributed by atoms with van der Waals surface area (Å²) in [5.74, 6) is 0.832. The second kappa shape index (κ2) is 7.41. The van der Waals surface area contributed by atoms with Crippen molar-refractivity contribution in [1.82, 2.24) is 15.3 Å². The van der Waals surface area contributed by atoms with Crippen LogP contribution in [0.2, 0.25) is 0 Å². The highest BCUT2D eigenvalue weighted by molar-refractivity contribution is 8.00. The summed E-state index contributed by atoms with van der Waals surface area (Å²) in [6, 6.07) is 2.10. The maximum absolute atomic E-state index is 11.8. The van der Waals surface area contributed by atoms with E-state index in [1.807, 2.05) is 0 Å². The predicted octanol–water partition coefficient (Wildman–Crippen LogP) is 2.61. The number of hydrogen-bond acceptors (Lipinski definition) is 5. The summed E-state index contributed by atoms with van der Waals surface area (Å²) in [5, 5.41) is 12.6. The molecule has 1 rings (SSSR count). The third kappa shape index (κ3) is 6.13. The zero-order valence-corrected chi connectivity index (χ0v) is 14.1. The van der Waals surface area contributed by atoms with Gasteiger partial charge in [-0.1, -0.05) is 32.5 Å². The molecule has 0 atom stereocenters. The first-order valence-electron chi connectivity index (χ1n) is 6.88. The number of amides is 1. The van der Waals surface area contributed by atoms with Gasteiger partial charge in [0.05, 0.1) is 11.4 Å². The second-order valence-corrected chi connectivity index (χ2v) is 7.06. The molecule has 0 bridgehead atoms. The summed E-state index contributed by atoms with van der Waals surface area (Å²) in [5.41, 5.74) is 1.31. The van der Waals surface area contributed by atoms with Crippen LogP contribution in [0.3, 0.4) is 0 Å². The summed E-state index contributed by atoms with van der Waals surface area (Å²) < 4.78 is 0. The van der Waals surface area contributed by atoms with Crippen molar-refractivity contribution >= 4 is 17.7 Å². The fourth-order valence-electron chi connectivity index (χ4n) is 1.68. The van der Waals surface area contributed by atoms with Crippen LogP contribution in [0.5, 0.6) is 0 Å². The van der Waals surface area contributed by atoms with Crippen LogP contribution in [0, 0.1) is 30.6 Å². The molecule has 1 heterocycles. The minimum atomic E-state index is -0.0398. The smallest absolute Gasteiger partial charge is 0.230 e. The molecule has 1 amide bonds. The number of nitrogens with zero attached hydrogens (tertiary/aromatic N) is 3.